The number of hydrogen-bond acceptors (Lipinski definition) is 6. The smallest absolute Gasteiger partial charge is 0.145 e. The molecule has 0 aromatic carbocycles. The van der Waals surface area contributed by atoms with E-state index in [9.17, 15) is 5.11 Å². The quantitative estimate of drug-likeness (QED) is 0.484. The molecule has 0 aliphatic heterocycles. The van der Waals surface area contributed by atoms with E-state index in [0.29, 0.717) is 24.1 Å². The lowest BCUT2D eigenvalue weighted by molar-refractivity contribution is -0.000831. The van der Waals surface area contributed by atoms with Gasteiger partial charge in [-0.1, -0.05) is 26.7 Å². The third kappa shape index (κ3) is 3.80. The van der Waals surface area contributed by atoms with E-state index in [1.165, 1.54) is 6.42 Å². The van der Waals surface area contributed by atoms with E-state index in [1.54, 1.807) is 6.07 Å². The maximum Gasteiger partial charge on any atom is 0.145 e. The van der Waals surface area contributed by atoms with Crippen LogP contribution in [0.25, 0.3) is 0 Å². The second-order valence-corrected chi connectivity index (χ2v) is 5.83. The van der Waals surface area contributed by atoms with Crippen LogP contribution >= 0.6 is 0 Å². The topological polar surface area (TPSA) is 96.1 Å². The van der Waals surface area contributed by atoms with E-state index < -0.39 is 5.60 Å². The highest BCUT2D eigenvalue weighted by Crippen LogP contribution is 2.32. The normalized spacial score (nSPS) is 26.3. The van der Waals surface area contributed by atoms with Crippen LogP contribution < -0.4 is 16.6 Å². The van der Waals surface area contributed by atoms with E-state index in [1.807, 2.05) is 6.92 Å². The molecule has 6 heteroatoms. The minimum Gasteiger partial charge on any atom is -0.388 e. The molecule has 0 bridgehead atoms. The Balaban J connectivity index is 2.02. The Hall–Kier alpha value is -1.40. The Morgan fingerprint density at radius 3 is 2.85 bits per heavy atom. The van der Waals surface area contributed by atoms with Crippen LogP contribution in [0.5, 0.6) is 0 Å². The van der Waals surface area contributed by atoms with Gasteiger partial charge < -0.3 is 15.8 Å². The van der Waals surface area contributed by atoms with Gasteiger partial charge in [-0.15, -0.1) is 0 Å². The average Bonchev–Trinajstić information content (AvgIpc) is 2.44. The van der Waals surface area contributed by atoms with Crippen LogP contribution in [0.2, 0.25) is 0 Å². The summed E-state index contributed by atoms with van der Waals surface area (Å²) < 4.78 is 0. The highest BCUT2D eigenvalue weighted by atomic mass is 16.3. The first-order chi connectivity index (χ1) is 9.54. The molecule has 1 saturated carbocycles. The van der Waals surface area contributed by atoms with Gasteiger partial charge in [0, 0.05) is 19.0 Å². The monoisotopic (exact) mass is 279 g/mol. The first kappa shape index (κ1) is 15.0. The van der Waals surface area contributed by atoms with Gasteiger partial charge in [0.2, 0.25) is 0 Å². The molecule has 5 N–H and O–H groups in total. The van der Waals surface area contributed by atoms with Gasteiger partial charge in [-0.3, -0.25) is 0 Å². The number of hydrazine groups is 1. The van der Waals surface area contributed by atoms with Crippen molar-refractivity contribution in [3.63, 3.8) is 0 Å². The predicted molar refractivity (Wildman–Crippen MR) is 80.3 cm³/mol. The van der Waals surface area contributed by atoms with Crippen molar-refractivity contribution in [1.82, 2.24) is 9.97 Å². The predicted octanol–water partition coefficient (Wildman–Crippen LogP) is 1.68. The molecule has 0 amide bonds. The number of nitrogens with one attached hydrogen (secondary N) is 2. The molecule has 2 rings (SSSR count). The summed E-state index contributed by atoms with van der Waals surface area (Å²) in [5.41, 5.74) is 1.91. The molecule has 20 heavy (non-hydrogen) atoms. The molecule has 1 heterocycles. The summed E-state index contributed by atoms with van der Waals surface area (Å²) in [7, 11) is 0. The Morgan fingerprint density at radius 2 is 2.20 bits per heavy atom. The van der Waals surface area contributed by atoms with Crippen molar-refractivity contribution in [2.45, 2.75) is 51.6 Å². The fraction of sp³-hybridized carbons (Fsp3) is 0.714. The molecule has 0 saturated heterocycles. The number of aliphatic hydroxyl groups is 1. The number of hydrogen-bond donors (Lipinski definition) is 4. The zero-order valence-electron chi connectivity index (χ0n) is 12.3. The Morgan fingerprint density at radius 1 is 1.45 bits per heavy atom. The number of rotatable bonds is 5. The molecule has 1 aromatic heterocycles. The second kappa shape index (κ2) is 6.37. The van der Waals surface area contributed by atoms with Gasteiger partial charge in [-0.2, -0.15) is 0 Å². The summed E-state index contributed by atoms with van der Waals surface area (Å²) in [5.74, 6) is 8.01. The van der Waals surface area contributed by atoms with Gasteiger partial charge in [-0.05, 0) is 18.8 Å². The number of aromatic nitrogens is 2. The maximum atomic E-state index is 10.6. The van der Waals surface area contributed by atoms with Crippen LogP contribution in [0.15, 0.2) is 6.07 Å². The second-order valence-electron chi connectivity index (χ2n) is 5.83. The molecule has 1 aliphatic rings. The van der Waals surface area contributed by atoms with Crippen molar-refractivity contribution in [3.8, 4) is 0 Å². The lowest BCUT2D eigenvalue weighted by Crippen LogP contribution is -2.41. The number of nitrogen functional groups attached to an aromatic ring is 1. The van der Waals surface area contributed by atoms with E-state index in [4.69, 9.17) is 5.84 Å². The molecule has 0 radical (unpaired) electrons. The molecule has 2 unspecified atom stereocenters. The molecule has 1 aromatic rings. The molecule has 0 spiro atoms. The van der Waals surface area contributed by atoms with Crippen LogP contribution in [0.3, 0.4) is 0 Å². The highest BCUT2D eigenvalue weighted by Gasteiger charge is 2.32. The van der Waals surface area contributed by atoms with E-state index in [0.717, 1.165) is 31.5 Å². The Bertz CT molecular complexity index is 431. The van der Waals surface area contributed by atoms with Gasteiger partial charge in [0.05, 0.1) is 5.60 Å². The summed E-state index contributed by atoms with van der Waals surface area (Å²) in [6, 6.07) is 1.76. The van der Waals surface area contributed by atoms with Crippen LogP contribution in [0.4, 0.5) is 11.6 Å². The first-order valence-corrected chi connectivity index (χ1v) is 7.35. The maximum absolute atomic E-state index is 10.6. The summed E-state index contributed by atoms with van der Waals surface area (Å²) in [4.78, 5) is 8.65. The Labute approximate surface area is 120 Å². The minimum atomic E-state index is -0.634. The van der Waals surface area contributed by atoms with Gasteiger partial charge in [0.15, 0.2) is 0 Å². The van der Waals surface area contributed by atoms with Crippen LogP contribution in [-0.2, 0) is 6.42 Å². The zero-order valence-corrected chi connectivity index (χ0v) is 12.3. The van der Waals surface area contributed by atoms with Crippen molar-refractivity contribution in [2.24, 2.45) is 11.8 Å². The number of anilines is 2. The fourth-order valence-corrected chi connectivity index (χ4v) is 2.87. The third-order valence-electron chi connectivity index (χ3n) is 3.90. The van der Waals surface area contributed by atoms with Gasteiger partial charge in [0.25, 0.3) is 0 Å². The molecule has 6 nitrogen and oxygen atoms in total. The third-order valence-corrected chi connectivity index (χ3v) is 3.90. The summed E-state index contributed by atoms with van der Waals surface area (Å²) in [6.45, 7) is 4.71. The molecular formula is C14H25N5O. The summed E-state index contributed by atoms with van der Waals surface area (Å²) in [5, 5.41) is 13.8. The first-order valence-electron chi connectivity index (χ1n) is 7.35. The molecule has 2 atom stereocenters. The van der Waals surface area contributed by atoms with Gasteiger partial charge >= 0.3 is 0 Å². The van der Waals surface area contributed by atoms with E-state index >= 15 is 0 Å². The Kier molecular flexibility index (Phi) is 4.77. The van der Waals surface area contributed by atoms with Crippen LogP contribution in [-0.4, -0.2) is 27.2 Å². The minimum absolute atomic E-state index is 0.515. The number of nitrogens with zero attached hydrogens (tertiary/aromatic N) is 2. The van der Waals surface area contributed by atoms with Gasteiger partial charge in [0.1, 0.15) is 17.5 Å². The number of aryl methyl sites for hydroxylation is 1. The molecule has 1 fully saturated rings. The largest absolute Gasteiger partial charge is 0.388 e. The van der Waals surface area contributed by atoms with Crippen LogP contribution in [0, 0.1) is 5.92 Å². The highest BCUT2D eigenvalue weighted by molar-refractivity contribution is 5.47. The van der Waals surface area contributed by atoms with Crippen molar-refractivity contribution in [2.75, 3.05) is 17.3 Å². The molecular weight excluding hydrogens is 254 g/mol. The fourth-order valence-electron chi connectivity index (χ4n) is 2.87. The average molecular weight is 279 g/mol. The SMILES string of the molecule is CCc1nc(NN)cc(NCC2(O)CCCC(C)C2)n1. The summed E-state index contributed by atoms with van der Waals surface area (Å²) >= 11 is 0. The lowest BCUT2D eigenvalue weighted by Gasteiger charge is -2.35. The van der Waals surface area contributed by atoms with Crippen LogP contribution in [0.1, 0.15) is 45.4 Å². The lowest BCUT2D eigenvalue weighted by atomic mass is 9.79. The van der Waals surface area contributed by atoms with Gasteiger partial charge in [-0.25, -0.2) is 15.8 Å². The molecule has 1 aliphatic carbocycles. The summed E-state index contributed by atoms with van der Waals surface area (Å²) in [6.07, 6.45) is 4.72. The van der Waals surface area contributed by atoms with E-state index in [2.05, 4.69) is 27.6 Å². The van der Waals surface area contributed by atoms with Crippen molar-refractivity contribution >= 4 is 11.6 Å². The number of nitrogens with two attached hydrogens (primary N) is 1. The van der Waals surface area contributed by atoms with Crippen molar-refractivity contribution in [1.29, 1.82) is 0 Å². The molecule has 112 valence electrons. The standard InChI is InChI=1S/C14H25N5O/c1-3-11-17-12(7-13(18-11)19-15)16-9-14(20)6-4-5-10(2)8-14/h7,10,20H,3-6,8-9,15H2,1-2H3,(H2,16,17,18,19). The zero-order chi connectivity index (χ0) is 14.6. The van der Waals surface area contributed by atoms with Crippen molar-refractivity contribution < 1.29 is 5.11 Å². The van der Waals surface area contributed by atoms with E-state index in [-0.39, 0.29) is 0 Å². The van der Waals surface area contributed by atoms with Crippen molar-refractivity contribution in [3.05, 3.63) is 11.9 Å².